The Kier molecular flexibility index (Phi) is 5.41. The molecule has 0 amide bonds. The van der Waals surface area contributed by atoms with Crippen molar-refractivity contribution in [3.63, 3.8) is 0 Å². The van der Waals surface area contributed by atoms with E-state index < -0.39 is 0 Å². The molecule has 2 atom stereocenters. The summed E-state index contributed by atoms with van der Waals surface area (Å²) in [5.74, 6) is 1.56. The van der Waals surface area contributed by atoms with Gasteiger partial charge in [0.1, 0.15) is 0 Å². The maximum Gasteiger partial charge on any atom is 0.161 e. The second-order valence-electron chi connectivity index (χ2n) is 6.51. The minimum atomic E-state index is 0.296. The van der Waals surface area contributed by atoms with Crippen molar-refractivity contribution in [3.05, 3.63) is 23.3 Å². The van der Waals surface area contributed by atoms with E-state index in [2.05, 4.69) is 23.2 Å². The molecule has 0 unspecified atom stereocenters. The lowest BCUT2D eigenvalue weighted by molar-refractivity contribution is -0.0470. The lowest BCUT2D eigenvalue weighted by Crippen LogP contribution is -2.49. The molecular formula is C18H28N2O3. The van der Waals surface area contributed by atoms with Crippen LogP contribution in [0.25, 0.3) is 0 Å². The number of hydrogen-bond acceptors (Lipinski definition) is 5. The topological polar surface area (TPSA) is 43.0 Å². The van der Waals surface area contributed by atoms with E-state index >= 15 is 0 Å². The maximum atomic E-state index is 5.99. The molecule has 5 heteroatoms. The quantitative estimate of drug-likeness (QED) is 0.868. The van der Waals surface area contributed by atoms with Gasteiger partial charge in [-0.25, -0.2) is 0 Å². The number of morpholine rings is 1. The fraction of sp³-hybridized carbons (Fsp3) is 0.667. The number of benzene rings is 1. The molecule has 1 aromatic rings. The minimum absolute atomic E-state index is 0.296. The van der Waals surface area contributed by atoms with Crippen LogP contribution in [-0.4, -0.2) is 57.5 Å². The van der Waals surface area contributed by atoms with Crippen LogP contribution < -0.4 is 14.8 Å². The van der Waals surface area contributed by atoms with Gasteiger partial charge >= 0.3 is 0 Å². The number of nitrogens with zero attached hydrogens (tertiary/aromatic N) is 1. The Labute approximate surface area is 138 Å². The monoisotopic (exact) mass is 320 g/mol. The molecule has 128 valence electrons. The molecular weight excluding hydrogens is 292 g/mol. The average molecular weight is 320 g/mol. The Balaban J connectivity index is 1.52. The number of ether oxygens (including phenoxy) is 3. The standard InChI is InChI=1S/C18H28N2O3/c1-13-7-17(21-2)18(22-3)8-14(13)9-19-10-16-11-20-6-4-5-15(20)12-23-16/h7-8,15-16,19H,4-6,9-12H2,1-3H3/t15-,16-/m0/s1. The van der Waals surface area contributed by atoms with Gasteiger partial charge < -0.3 is 19.5 Å². The lowest BCUT2D eigenvalue weighted by Gasteiger charge is -2.35. The van der Waals surface area contributed by atoms with Crippen molar-refractivity contribution in [2.24, 2.45) is 0 Å². The first-order valence-electron chi connectivity index (χ1n) is 8.49. The molecule has 0 bridgehead atoms. The zero-order valence-corrected chi connectivity index (χ0v) is 14.4. The first kappa shape index (κ1) is 16.6. The van der Waals surface area contributed by atoms with E-state index in [0.29, 0.717) is 12.1 Å². The van der Waals surface area contributed by atoms with Crippen LogP contribution in [0.15, 0.2) is 12.1 Å². The highest BCUT2D eigenvalue weighted by Crippen LogP contribution is 2.30. The number of methoxy groups -OCH3 is 2. The van der Waals surface area contributed by atoms with Gasteiger partial charge in [-0.2, -0.15) is 0 Å². The first-order chi connectivity index (χ1) is 11.2. The smallest absolute Gasteiger partial charge is 0.161 e. The molecule has 0 saturated carbocycles. The molecule has 2 saturated heterocycles. The van der Waals surface area contributed by atoms with E-state index in [4.69, 9.17) is 14.2 Å². The highest BCUT2D eigenvalue weighted by Gasteiger charge is 2.31. The van der Waals surface area contributed by atoms with Crippen molar-refractivity contribution in [1.29, 1.82) is 0 Å². The van der Waals surface area contributed by atoms with Crippen LogP contribution >= 0.6 is 0 Å². The first-order valence-corrected chi connectivity index (χ1v) is 8.49. The second-order valence-corrected chi connectivity index (χ2v) is 6.51. The van der Waals surface area contributed by atoms with Crippen LogP contribution in [0.5, 0.6) is 11.5 Å². The molecule has 2 aliphatic heterocycles. The predicted molar refractivity (Wildman–Crippen MR) is 90.3 cm³/mol. The lowest BCUT2D eigenvalue weighted by atomic mass is 10.1. The van der Waals surface area contributed by atoms with Gasteiger partial charge in [0.05, 0.1) is 26.9 Å². The van der Waals surface area contributed by atoms with Gasteiger partial charge in [0.2, 0.25) is 0 Å². The van der Waals surface area contributed by atoms with Crippen molar-refractivity contribution < 1.29 is 14.2 Å². The summed E-state index contributed by atoms with van der Waals surface area (Å²) in [6.07, 6.45) is 2.91. The van der Waals surface area contributed by atoms with E-state index in [-0.39, 0.29) is 0 Å². The molecule has 23 heavy (non-hydrogen) atoms. The van der Waals surface area contributed by atoms with E-state index in [1.54, 1.807) is 14.2 Å². The molecule has 0 aliphatic carbocycles. The van der Waals surface area contributed by atoms with Crippen molar-refractivity contribution >= 4 is 0 Å². The molecule has 1 aromatic carbocycles. The van der Waals surface area contributed by atoms with Gasteiger partial charge in [-0.05, 0) is 49.6 Å². The molecule has 2 aliphatic rings. The largest absolute Gasteiger partial charge is 0.493 e. The molecule has 2 fully saturated rings. The van der Waals surface area contributed by atoms with E-state index in [1.807, 2.05) is 6.07 Å². The molecule has 0 radical (unpaired) electrons. The highest BCUT2D eigenvalue weighted by molar-refractivity contribution is 5.46. The van der Waals surface area contributed by atoms with Gasteiger partial charge in [-0.1, -0.05) is 0 Å². The van der Waals surface area contributed by atoms with Crippen LogP contribution in [0.3, 0.4) is 0 Å². The minimum Gasteiger partial charge on any atom is -0.493 e. The van der Waals surface area contributed by atoms with E-state index in [1.165, 1.54) is 30.5 Å². The third-order valence-electron chi connectivity index (χ3n) is 4.99. The summed E-state index contributed by atoms with van der Waals surface area (Å²) in [5, 5.41) is 3.53. The fourth-order valence-electron chi connectivity index (χ4n) is 3.59. The number of aryl methyl sites for hydroxylation is 1. The zero-order valence-electron chi connectivity index (χ0n) is 14.4. The van der Waals surface area contributed by atoms with Crippen LogP contribution in [0, 0.1) is 6.92 Å². The van der Waals surface area contributed by atoms with Gasteiger partial charge in [0.25, 0.3) is 0 Å². The number of hydrogen-bond donors (Lipinski definition) is 1. The van der Waals surface area contributed by atoms with Gasteiger partial charge in [-0.3, -0.25) is 4.90 Å². The fourth-order valence-corrected chi connectivity index (χ4v) is 3.59. The van der Waals surface area contributed by atoms with Gasteiger partial charge in [0, 0.05) is 25.7 Å². The average Bonchev–Trinajstić information content (AvgIpc) is 3.03. The molecule has 1 N–H and O–H groups in total. The Morgan fingerprint density at radius 2 is 2.04 bits per heavy atom. The Morgan fingerprint density at radius 3 is 2.83 bits per heavy atom. The van der Waals surface area contributed by atoms with E-state index in [9.17, 15) is 0 Å². The van der Waals surface area contributed by atoms with Crippen LogP contribution in [0.2, 0.25) is 0 Å². The maximum absolute atomic E-state index is 5.99. The Hall–Kier alpha value is -1.30. The molecule has 0 spiro atoms. The van der Waals surface area contributed by atoms with Crippen LogP contribution in [0.4, 0.5) is 0 Å². The van der Waals surface area contributed by atoms with Crippen LogP contribution in [-0.2, 0) is 11.3 Å². The van der Waals surface area contributed by atoms with E-state index in [0.717, 1.165) is 37.7 Å². The summed E-state index contributed by atoms with van der Waals surface area (Å²) in [7, 11) is 3.34. The summed E-state index contributed by atoms with van der Waals surface area (Å²) < 4.78 is 16.7. The second kappa shape index (κ2) is 7.51. The molecule has 2 heterocycles. The molecule has 3 rings (SSSR count). The SMILES string of the molecule is COc1cc(C)c(CNC[C@H]2CN3CCC[C@H]3CO2)cc1OC. The summed E-state index contributed by atoms with van der Waals surface area (Å²) in [5.41, 5.74) is 2.44. The number of rotatable bonds is 6. The van der Waals surface area contributed by atoms with Crippen molar-refractivity contribution in [1.82, 2.24) is 10.2 Å². The Bertz CT molecular complexity index is 535. The summed E-state index contributed by atoms with van der Waals surface area (Å²) >= 11 is 0. The van der Waals surface area contributed by atoms with Gasteiger partial charge in [-0.15, -0.1) is 0 Å². The third kappa shape index (κ3) is 3.79. The van der Waals surface area contributed by atoms with Crippen LogP contribution in [0.1, 0.15) is 24.0 Å². The number of nitrogens with one attached hydrogen (secondary N) is 1. The third-order valence-corrected chi connectivity index (χ3v) is 4.99. The highest BCUT2D eigenvalue weighted by atomic mass is 16.5. The summed E-state index contributed by atoms with van der Waals surface area (Å²) in [4.78, 5) is 2.58. The summed E-state index contributed by atoms with van der Waals surface area (Å²) in [6.45, 7) is 6.99. The van der Waals surface area contributed by atoms with Crippen molar-refractivity contribution in [2.45, 2.75) is 38.5 Å². The summed E-state index contributed by atoms with van der Waals surface area (Å²) in [6, 6.07) is 4.75. The normalized spacial score (nSPS) is 24.5. The molecule has 5 nitrogen and oxygen atoms in total. The Morgan fingerprint density at radius 1 is 1.26 bits per heavy atom. The zero-order chi connectivity index (χ0) is 16.2. The number of fused-ring (bicyclic) bond motifs is 1. The van der Waals surface area contributed by atoms with Crippen molar-refractivity contribution in [2.75, 3.05) is 40.5 Å². The predicted octanol–water partition coefficient (Wildman–Crippen LogP) is 1.97. The van der Waals surface area contributed by atoms with Gasteiger partial charge in [0.15, 0.2) is 11.5 Å². The molecule has 0 aromatic heterocycles. The van der Waals surface area contributed by atoms with Crippen molar-refractivity contribution in [3.8, 4) is 11.5 Å².